The van der Waals surface area contributed by atoms with Gasteiger partial charge in [-0.1, -0.05) is 5.57 Å². The van der Waals surface area contributed by atoms with Gasteiger partial charge in [0.15, 0.2) is 0 Å². The van der Waals surface area contributed by atoms with Crippen molar-refractivity contribution in [3.05, 3.63) is 35.4 Å². The molecule has 0 aliphatic rings. The molecule has 0 radical (unpaired) electrons. The van der Waals surface area contributed by atoms with E-state index in [0.717, 1.165) is 11.1 Å². The second-order valence-corrected chi connectivity index (χ2v) is 3.73. The third-order valence-corrected chi connectivity index (χ3v) is 2.26. The summed E-state index contributed by atoms with van der Waals surface area (Å²) in [5, 5.41) is 8.64. The number of benzene rings is 1. The lowest BCUT2D eigenvalue weighted by molar-refractivity contribution is -0.131. The highest BCUT2D eigenvalue weighted by Gasteiger charge is 2.03. The molecule has 4 nitrogen and oxygen atoms in total. The molecule has 0 atom stereocenters. The van der Waals surface area contributed by atoms with Crippen molar-refractivity contribution in [1.82, 2.24) is 0 Å². The molecule has 0 bridgehead atoms. The number of carboxylic acid groups (broad SMARTS) is 1. The van der Waals surface area contributed by atoms with Crippen LogP contribution in [0, 0.1) is 0 Å². The molecule has 4 heteroatoms. The Hall–Kier alpha value is -1.97. The Morgan fingerprint density at radius 3 is 2.18 bits per heavy atom. The summed E-state index contributed by atoms with van der Waals surface area (Å²) in [7, 11) is 3.16. The van der Waals surface area contributed by atoms with Crippen LogP contribution in [0.1, 0.15) is 12.5 Å². The van der Waals surface area contributed by atoms with E-state index in [-0.39, 0.29) is 0 Å². The Morgan fingerprint density at radius 2 is 1.76 bits per heavy atom. The van der Waals surface area contributed by atoms with E-state index in [2.05, 4.69) is 0 Å². The van der Waals surface area contributed by atoms with Gasteiger partial charge < -0.3 is 14.6 Å². The summed E-state index contributed by atoms with van der Waals surface area (Å²) in [6.07, 6.45) is 1.76. The zero-order valence-corrected chi connectivity index (χ0v) is 10.2. The van der Waals surface area contributed by atoms with Crippen LogP contribution < -0.4 is 9.47 Å². The predicted molar refractivity (Wildman–Crippen MR) is 64.6 cm³/mol. The highest BCUT2D eigenvalue weighted by Crippen LogP contribution is 2.23. The molecule has 0 aromatic heterocycles. The fourth-order valence-corrected chi connectivity index (χ4v) is 1.55. The molecule has 0 unspecified atom stereocenters. The summed E-state index contributed by atoms with van der Waals surface area (Å²) >= 11 is 0. The minimum Gasteiger partial charge on any atom is -0.497 e. The molecule has 92 valence electrons. The molecule has 1 N–H and O–H groups in total. The zero-order valence-electron chi connectivity index (χ0n) is 10.2. The first kappa shape index (κ1) is 13.1. The van der Waals surface area contributed by atoms with E-state index in [1.165, 1.54) is 6.08 Å². The normalized spacial score (nSPS) is 11.1. The number of methoxy groups -OCH3 is 2. The number of aliphatic carboxylic acids is 1. The minimum atomic E-state index is -0.933. The average Bonchev–Trinajstić information content (AvgIpc) is 2.27. The van der Waals surface area contributed by atoms with Crippen molar-refractivity contribution < 1.29 is 19.4 Å². The Balaban J connectivity index is 2.94. The minimum absolute atomic E-state index is 0.555. The van der Waals surface area contributed by atoms with Gasteiger partial charge in [-0.15, -0.1) is 0 Å². The molecule has 0 aliphatic carbocycles. The molecule has 0 spiro atoms. The first-order valence-corrected chi connectivity index (χ1v) is 5.17. The van der Waals surface area contributed by atoms with Crippen LogP contribution in [0.15, 0.2) is 29.8 Å². The largest absolute Gasteiger partial charge is 0.497 e. The lowest BCUT2D eigenvalue weighted by Gasteiger charge is -2.08. The average molecular weight is 236 g/mol. The fraction of sp³-hybridized carbons (Fsp3) is 0.308. The van der Waals surface area contributed by atoms with Crippen LogP contribution >= 0.6 is 0 Å². The van der Waals surface area contributed by atoms with E-state index in [4.69, 9.17) is 14.6 Å². The molecule has 1 aromatic rings. The molecule has 0 heterocycles. The smallest absolute Gasteiger partial charge is 0.328 e. The predicted octanol–water partition coefficient (Wildman–Crippen LogP) is 2.28. The van der Waals surface area contributed by atoms with Crippen molar-refractivity contribution in [1.29, 1.82) is 0 Å². The number of rotatable bonds is 5. The van der Waals surface area contributed by atoms with Crippen molar-refractivity contribution in [3.8, 4) is 11.5 Å². The molecular weight excluding hydrogens is 220 g/mol. The summed E-state index contributed by atoms with van der Waals surface area (Å²) in [6, 6.07) is 5.50. The van der Waals surface area contributed by atoms with E-state index in [1.807, 2.05) is 12.1 Å². The van der Waals surface area contributed by atoms with Crippen molar-refractivity contribution in [2.24, 2.45) is 0 Å². The van der Waals surface area contributed by atoms with Crippen LogP contribution in [0.4, 0.5) is 0 Å². The van der Waals surface area contributed by atoms with Crippen LogP contribution in [-0.4, -0.2) is 25.3 Å². The SMILES string of the molecule is COc1cc(C/C(C)=C/C(=O)O)cc(OC)c1. The maximum Gasteiger partial charge on any atom is 0.328 e. The molecule has 0 saturated carbocycles. The summed E-state index contributed by atoms with van der Waals surface area (Å²) in [6.45, 7) is 1.78. The van der Waals surface area contributed by atoms with Gasteiger partial charge in [-0.25, -0.2) is 4.79 Å². The Labute approximate surface area is 100 Å². The van der Waals surface area contributed by atoms with E-state index >= 15 is 0 Å². The summed E-state index contributed by atoms with van der Waals surface area (Å²) in [4.78, 5) is 10.5. The van der Waals surface area contributed by atoms with Crippen molar-refractivity contribution in [3.63, 3.8) is 0 Å². The first-order valence-electron chi connectivity index (χ1n) is 5.17. The van der Waals surface area contributed by atoms with Gasteiger partial charge in [-0.3, -0.25) is 0 Å². The van der Waals surface area contributed by atoms with Crippen LogP contribution in [0.3, 0.4) is 0 Å². The number of carboxylic acids is 1. The molecule has 0 aliphatic heterocycles. The third kappa shape index (κ3) is 4.18. The highest BCUT2D eigenvalue weighted by molar-refractivity contribution is 5.80. The van der Waals surface area contributed by atoms with Crippen LogP contribution in [0.25, 0.3) is 0 Å². The van der Waals surface area contributed by atoms with E-state index in [1.54, 1.807) is 27.2 Å². The summed E-state index contributed by atoms with van der Waals surface area (Å²) in [5.74, 6) is 0.460. The molecule has 0 saturated heterocycles. The lowest BCUT2D eigenvalue weighted by Crippen LogP contribution is -1.95. The van der Waals surface area contributed by atoms with E-state index in [9.17, 15) is 4.79 Å². The molecular formula is C13H16O4. The highest BCUT2D eigenvalue weighted by atomic mass is 16.5. The zero-order chi connectivity index (χ0) is 12.8. The monoisotopic (exact) mass is 236 g/mol. The summed E-state index contributed by atoms with van der Waals surface area (Å²) in [5.41, 5.74) is 1.73. The maximum absolute atomic E-state index is 10.5. The van der Waals surface area contributed by atoms with Gasteiger partial charge >= 0.3 is 5.97 Å². The van der Waals surface area contributed by atoms with Gasteiger partial charge in [0.05, 0.1) is 14.2 Å². The molecule has 1 aromatic carbocycles. The maximum atomic E-state index is 10.5. The van der Waals surface area contributed by atoms with Crippen LogP contribution in [0.2, 0.25) is 0 Å². The third-order valence-electron chi connectivity index (χ3n) is 2.26. The molecule has 1 rings (SSSR count). The lowest BCUT2D eigenvalue weighted by atomic mass is 10.1. The Bertz CT molecular complexity index is 413. The Morgan fingerprint density at radius 1 is 1.24 bits per heavy atom. The quantitative estimate of drug-likeness (QED) is 0.797. The number of ether oxygens (including phenoxy) is 2. The number of allylic oxidation sites excluding steroid dienone is 1. The van der Waals surface area contributed by atoms with Gasteiger partial charge in [0.1, 0.15) is 11.5 Å². The van der Waals surface area contributed by atoms with E-state index < -0.39 is 5.97 Å². The van der Waals surface area contributed by atoms with Crippen molar-refractivity contribution >= 4 is 5.97 Å². The standard InChI is InChI=1S/C13H16O4/c1-9(5-13(14)15)4-10-6-11(16-2)8-12(7-10)17-3/h5-8H,4H2,1-3H3,(H,14,15)/b9-5+. The fourth-order valence-electron chi connectivity index (χ4n) is 1.55. The second kappa shape index (κ2) is 5.94. The van der Waals surface area contributed by atoms with Crippen LogP contribution in [0.5, 0.6) is 11.5 Å². The molecule has 17 heavy (non-hydrogen) atoms. The Kier molecular flexibility index (Phi) is 4.57. The van der Waals surface area contributed by atoms with Crippen molar-refractivity contribution in [2.75, 3.05) is 14.2 Å². The van der Waals surface area contributed by atoms with Gasteiger partial charge in [0.2, 0.25) is 0 Å². The van der Waals surface area contributed by atoms with Gasteiger partial charge in [-0.05, 0) is 31.0 Å². The van der Waals surface area contributed by atoms with Gasteiger partial charge in [0, 0.05) is 12.1 Å². The van der Waals surface area contributed by atoms with Gasteiger partial charge in [0.25, 0.3) is 0 Å². The number of hydrogen-bond donors (Lipinski definition) is 1. The summed E-state index contributed by atoms with van der Waals surface area (Å²) < 4.78 is 10.3. The number of hydrogen-bond acceptors (Lipinski definition) is 3. The van der Waals surface area contributed by atoms with Gasteiger partial charge in [-0.2, -0.15) is 0 Å². The first-order chi connectivity index (χ1) is 8.05. The molecule has 0 fully saturated rings. The number of carbonyl (C=O) groups is 1. The van der Waals surface area contributed by atoms with E-state index in [0.29, 0.717) is 17.9 Å². The van der Waals surface area contributed by atoms with Crippen LogP contribution in [-0.2, 0) is 11.2 Å². The second-order valence-electron chi connectivity index (χ2n) is 3.73. The topological polar surface area (TPSA) is 55.8 Å². The molecule has 0 amide bonds. The van der Waals surface area contributed by atoms with Crippen molar-refractivity contribution in [2.45, 2.75) is 13.3 Å².